The molecule has 1 unspecified atom stereocenters. The summed E-state index contributed by atoms with van der Waals surface area (Å²) in [5.74, 6) is 0.180. The average Bonchev–Trinajstić information content (AvgIpc) is 2.93. The molecule has 4 amide bonds. The summed E-state index contributed by atoms with van der Waals surface area (Å²) in [5, 5.41) is 0. The zero-order chi connectivity index (χ0) is 14.6. The Morgan fingerprint density at radius 3 is 2.75 bits per heavy atom. The maximum atomic E-state index is 12.3. The number of fused-ring (bicyclic) bond motifs is 3. The summed E-state index contributed by atoms with van der Waals surface area (Å²) in [6.07, 6.45) is 0. The Balaban J connectivity index is 2.03. The summed E-state index contributed by atoms with van der Waals surface area (Å²) in [5.41, 5.74) is 5.20. The van der Waals surface area contributed by atoms with Gasteiger partial charge in [0.05, 0.1) is 13.1 Å². The van der Waals surface area contributed by atoms with Gasteiger partial charge in [0.25, 0.3) is 11.8 Å². The van der Waals surface area contributed by atoms with Crippen molar-refractivity contribution in [2.45, 2.75) is 6.04 Å². The van der Waals surface area contributed by atoms with Crippen molar-refractivity contribution in [3.8, 4) is 0 Å². The van der Waals surface area contributed by atoms with Crippen LogP contribution in [0.3, 0.4) is 0 Å². The van der Waals surface area contributed by atoms with E-state index >= 15 is 0 Å². The van der Waals surface area contributed by atoms with Gasteiger partial charge in [-0.3, -0.25) is 19.4 Å². The number of nitrogens with zero attached hydrogens (tertiary/aromatic N) is 5. The quantitative estimate of drug-likeness (QED) is 0.563. The number of guanidine groups is 1. The van der Waals surface area contributed by atoms with Crippen molar-refractivity contribution in [1.82, 2.24) is 14.7 Å². The number of imide groups is 1. The Morgan fingerprint density at radius 2 is 2.10 bits per heavy atom. The van der Waals surface area contributed by atoms with Crippen molar-refractivity contribution in [3.05, 3.63) is 0 Å². The second kappa shape index (κ2) is 4.02. The fraction of sp³-hybridized carbons (Fsp3) is 0.545. The van der Waals surface area contributed by atoms with Gasteiger partial charge >= 0.3 is 12.0 Å². The minimum absolute atomic E-state index is 0.0526. The standard InChI is InChI=1S/C11H14N6O3/c1-14-8-7(9(19)15(2)11(14)20)17-4-3-16(5-6(12)18)10(17)13-8/h7H,3-5H2,1-2H3,(H-,12,18)/p+1. The number of hydrogen-bond acceptors (Lipinski definition) is 5. The molecule has 9 nitrogen and oxygen atoms in total. The van der Waals surface area contributed by atoms with Crippen LogP contribution in [0.5, 0.6) is 0 Å². The smallest absolute Gasteiger partial charge is 0.367 e. The van der Waals surface area contributed by atoms with Crippen LogP contribution in [0.25, 0.3) is 0 Å². The molecule has 3 heterocycles. The summed E-state index contributed by atoms with van der Waals surface area (Å²) in [4.78, 5) is 43.8. The van der Waals surface area contributed by atoms with Crippen molar-refractivity contribution < 1.29 is 19.0 Å². The van der Waals surface area contributed by atoms with Gasteiger partial charge in [0, 0.05) is 14.1 Å². The number of hydrogen-bond donors (Lipinski definition) is 1. The zero-order valence-electron chi connectivity index (χ0n) is 11.2. The van der Waals surface area contributed by atoms with Crippen LogP contribution < -0.4 is 5.73 Å². The normalized spacial score (nSPS) is 25.2. The SMILES string of the molecule is CN1C(=O)C2C(=NC3=[N+](CC(N)=O)CCN32)N(C)C1=O. The summed E-state index contributed by atoms with van der Waals surface area (Å²) in [7, 11) is 3.03. The van der Waals surface area contributed by atoms with E-state index in [1.54, 1.807) is 16.5 Å². The Bertz CT molecular complexity index is 595. The molecule has 1 atom stereocenters. The maximum absolute atomic E-state index is 12.3. The second-order valence-electron chi connectivity index (χ2n) is 4.99. The highest BCUT2D eigenvalue weighted by molar-refractivity contribution is 6.25. The maximum Gasteiger partial charge on any atom is 0.393 e. The van der Waals surface area contributed by atoms with E-state index in [-0.39, 0.29) is 12.5 Å². The molecule has 3 aliphatic rings. The predicted octanol–water partition coefficient (Wildman–Crippen LogP) is -2.54. The van der Waals surface area contributed by atoms with Crippen molar-refractivity contribution in [2.24, 2.45) is 10.7 Å². The molecule has 1 saturated heterocycles. The van der Waals surface area contributed by atoms with Gasteiger partial charge in [-0.15, -0.1) is 0 Å². The first kappa shape index (κ1) is 12.6. The lowest BCUT2D eigenvalue weighted by atomic mass is 10.1. The van der Waals surface area contributed by atoms with Crippen molar-refractivity contribution in [3.63, 3.8) is 0 Å². The second-order valence-corrected chi connectivity index (χ2v) is 4.99. The first-order valence-electron chi connectivity index (χ1n) is 6.22. The number of amides is 4. The van der Waals surface area contributed by atoms with Crippen LogP contribution in [0.4, 0.5) is 4.79 Å². The molecule has 2 N–H and O–H groups in total. The fourth-order valence-corrected chi connectivity index (χ4v) is 2.73. The molecule has 1 fully saturated rings. The molecule has 0 aromatic heterocycles. The minimum Gasteiger partial charge on any atom is -0.367 e. The van der Waals surface area contributed by atoms with Crippen LogP contribution in [-0.4, -0.2) is 88.7 Å². The monoisotopic (exact) mass is 279 g/mol. The molecule has 0 bridgehead atoms. The molecule has 0 aromatic rings. The van der Waals surface area contributed by atoms with Gasteiger partial charge in [0.1, 0.15) is 6.54 Å². The highest BCUT2D eigenvalue weighted by Gasteiger charge is 2.56. The van der Waals surface area contributed by atoms with Crippen LogP contribution >= 0.6 is 0 Å². The molecular formula is C11H15N6O3+. The minimum atomic E-state index is -0.587. The van der Waals surface area contributed by atoms with E-state index < -0.39 is 18.0 Å². The molecule has 0 radical (unpaired) electrons. The van der Waals surface area contributed by atoms with E-state index in [1.165, 1.54) is 11.9 Å². The lowest BCUT2D eigenvalue weighted by Crippen LogP contribution is -2.62. The number of primary amides is 1. The predicted molar refractivity (Wildman–Crippen MR) is 68.1 cm³/mol. The molecule has 0 saturated carbocycles. The number of urea groups is 1. The van der Waals surface area contributed by atoms with Crippen molar-refractivity contribution >= 4 is 29.6 Å². The van der Waals surface area contributed by atoms with E-state index in [4.69, 9.17) is 5.73 Å². The van der Waals surface area contributed by atoms with Crippen LogP contribution in [0.15, 0.2) is 4.99 Å². The van der Waals surface area contributed by atoms with Gasteiger partial charge in [-0.05, 0) is 0 Å². The molecule has 0 aromatic carbocycles. The summed E-state index contributed by atoms with van der Waals surface area (Å²) in [6.45, 7) is 1.21. The van der Waals surface area contributed by atoms with E-state index in [0.717, 1.165) is 4.90 Å². The lowest BCUT2D eigenvalue weighted by molar-refractivity contribution is -0.506. The third kappa shape index (κ3) is 1.52. The summed E-state index contributed by atoms with van der Waals surface area (Å²) in [6, 6.07) is -0.996. The van der Waals surface area contributed by atoms with E-state index in [0.29, 0.717) is 24.9 Å². The van der Waals surface area contributed by atoms with Crippen molar-refractivity contribution in [1.29, 1.82) is 0 Å². The van der Waals surface area contributed by atoms with Gasteiger partial charge in [-0.25, -0.2) is 14.3 Å². The van der Waals surface area contributed by atoms with Crippen molar-refractivity contribution in [2.75, 3.05) is 33.7 Å². The number of aliphatic imine (C=N–C) groups is 1. The Hall–Kier alpha value is -2.45. The zero-order valence-corrected chi connectivity index (χ0v) is 11.2. The summed E-state index contributed by atoms with van der Waals surface area (Å²) >= 11 is 0. The molecule has 0 aliphatic carbocycles. The fourth-order valence-electron chi connectivity index (χ4n) is 2.73. The van der Waals surface area contributed by atoms with E-state index in [2.05, 4.69) is 4.99 Å². The van der Waals surface area contributed by atoms with Gasteiger partial charge in [0.15, 0.2) is 0 Å². The number of rotatable bonds is 2. The lowest BCUT2D eigenvalue weighted by Gasteiger charge is -2.32. The number of nitrogens with two attached hydrogens (primary N) is 1. The Morgan fingerprint density at radius 1 is 1.40 bits per heavy atom. The molecule has 3 rings (SSSR count). The van der Waals surface area contributed by atoms with Gasteiger partial charge in [-0.2, -0.15) is 0 Å². The average molecular weight is 279 g/mol. The Labute approximate surface area is 114 Å². The third-order valence-corrected chi connectivity index (χ3v) is 3.75. The Kier molecular flexibility index (Phi) is 2.53. The third-order valence-electron chi connectivity index (χ3n) is 3.75. The molecule has 106 valence electrons. The number of likely N-dealkylation sites (N-methyl/N-ethyl adjacent to an activating group) is 2. The van der Waals surface area contributed by atoms with Gasteiger partial charge in [0.2, 0.25) is 11.9 Å². The molecular weight excluding hydrogens is 264 g/mol. The van der Waals surface area contributed by atoms with Crippen LogP contribution in [0.2, 0.25) is 0 Å². The van der Waals surface area contributed by atoms with Crippen LogP contribution in [0.1, 0.15) is 0 Å². The van der Waals surface area contributed by atoms with Gasteiger partial charge < -0.3 is 5.73 Å². The number of carbonyl (C=O) groups excluding carboxylic acids is 3. The molecule has 20 heavy (non-hydrogen) atoms. The van der Waals surface area contributed by atoms with E-state index in [9.17, 15) is 14.4 Å². The van der Waals surface area contributed by atoms with E-state index in [1.807, 2.05) is 0 Å². The molecule has 0 spiro atoms. The largest absolute Gasteiger partial charge is 0.393 e. The highest BCUT2D eigenvalue weighted by Crippen LogP contribution is 2.24. The number of carbonyl (C=O) groups is 3. The molecule has 3 aliphatic heterocycles. The number of amidine groups is 1. The first-order valence-corrected chi connectivity index (χ1v) is 6.22. The first-order chi connectivity index (χ1) is 9.41. The van der Waals surface area contributed by atoms with Crippen LogP contribution in [0, 0.1) is 0 Å². The summed E-state index contributed by atoms with van der Waals surface area (Å²) < 4.78 is 1.72. The highest BCUT2D eigenvalue weighted by atomic mass is 16.2. The van der Waals surface area contributed by atoms with Gasteiger partial charge in [-0.1, -0.05) is 4.99 Å². The van der Waals surface area contributed by atoms with Crippen LogP contribution in [-0.2, 0) is 9.59 Å². The topological polar surface area (TPSA) is 102 Å². The molecule has 9 heteroatoms.